The first-order chi connectivity index (χ1) is 12.1. The standard InChI is InChI=1S/C17H12BrClN4OS/c1-23-14-7-6-10(19)8-13(14)20-17(23)25-9-15-21-22-16(24-15)11-4-2-3-5-12(11)18/h2-8H,9H2,1H3. The highest BCUT2D eigenvalue weighted by molar-refractivity contribution is 9.10. The van der Waals surface area contributed by atoms with Crippen molar-refractivity contribution < 1.29 is 4.42 Å². The van der Waals surface area contributed by atoms with Crippen molar-refractivity contribution >= 4 is 50.3 Å². The van der Waals surface area contributed by atoms with E-state index in [1.54, 1.807) is 11.8 Å². The minimum Gasteiger partial charge on any atom is -0.420 e. The SMILES string of the molecule is Cn1c(SCc2nnc(-c3ccccc3Br)o2)nc2cc(Cl)ccc21. The van der Waals surface area contributed by atoms with Gasteiger partial charge >= 0.3 is 0 Å². The lowest BCUT2D eigenvalue weighted by atomic mass is 10.2. The lowest BCUT2D eigenvalue weighted by molar-refractivity contribution is 0.528. The van der Waals surface area contributed by atoms with Gasteiger partial charge < -0.3 is 8.98 Å². The molecule has 0 fully saturated rings. The van der Waals surface area contributed by atoms with E-state index in [4.69, 9.17) is 16.0 Å². The summed E-state index contributed by atoms with van der Waals surface area (Å²) in [6.45, 7) is 0. The number of aryl methyl sites for hydroxylation is 1. The normalized spacial score (nSPS) is 11.3. The number of thioether (sulfide) groups is 1. The molecular weight excluding hydrogens is 424 g/mol. The van der Waals surface area contributed by atoms with Gasteiger partial charge in [0.2, 0.25) is 11.8 Å². The second-order valence-electron chi connectivity index (χ2n) is 5.36. The molecule has 0 N–H and O–H groups in total. The van der Waals surface area contributed by atoms with Crippen LogP contribution in [0.1, 0.15) is 5.89 Å². The molecule has 0 bridgehead atoms. The molecule has 0 saturated heterocycles. The summed E-state index contributed by atoms with van der Waals surface area (Å²) < 4.78 is 8.72. The maximum Gasteiger partial charge on any atom is 0.248 e. The molecular formula is C17H12BrClN4OS. The van der Waals surface area contributed by atoms with Gasteiger partial charge in [-0.3, -0.25) is 0 Å². The van der Waals surface area contributed by atoms with Crippen molar-refractivity contribution in [2.24, 2.45) is 7.05 Å². The second-order valence-corrected chi connectivity index (χ2v) is 7.59. The first kappa shape index (κ1) is 16.6. The van der Waals surface area contributed by atoms with E-state index in [9.17, 15) is 0 Å². The number of nitrogens with zero attached hydrogens (tertiary/aromatic N) is 4. The van der Waals surface area contributed by atoms with Crippen molar-refractivity contribution in [2.75, 3.05) is 0 Å². The van der Waals surface area contributed by atoms with Gasteiger partial charge in [0.1, 0.15) is 0 Å². The summed E-state index contributed by atoms with van der Waals surface area (Å²) in [7, 11) is 1.98. The molecule has 0 atom stereocenters. The maximum absolute atomic E-state index is 6.03. The summed E-state index contributed by atoms with van der Waals surface area (Å²) in [6.07, 6.45) is 0. The monoisotopic (exact) mass is 434 g/mol. The molecule has 0 amide bonds. The second kappa shape index (κ2) is 6.82. The molecule has 0 aliphatic carbocycles. The molecule has 0 unspecified atom stereocenters. The van der Waals surface area contributed by atoms with Crippen LogP contribution in [0.2, 0.25) is 5.02 Å². The fraction of sp³-hybridized carbons (Fsp3) is 0.118. The van der Waals surface area contributed by atoms with Crippen LogP contribution in [0.15, 0.2) is 56.5 Å². The Kier molecular flexibility index (Phi) is 4.54. The molecule has 126 valence electrons. The minimum absolute atomic E-state index is 0.500. The molecule has 25 heavy (non-hydrogen) atoms. The van der Waals surface area contributed by atoms with Crippen LogP contribution in [0.3, 0.4) is 0 Å². The zero-order valence-electron chi connectivity index (χ0n) is 13.1. The molecule has 0 aliphatic heterocycles. The average molecular weight is 436 g/mol. The Hall–Kier alpha value is -1.83. The third-order valence-electron chi connectivity index (χ3n) is 3.70. The Morgan fingerprint density at radius 1 is 1.20 bits per heavy atom. The number of rotatable bonds is 4. The average Bonchev–Trinajstić information content (AvgIpc) is 3.18. The predicted octanol–water partition coefficient (Wildman–Crippen LogP) is 5.33. The van der Waals surface area contributed by atoms with Crippen LogP contribution < -0.4 is 0 Å². The summed E-state index contributed by atoms with van der Waals surface area (Å²) in [6, 6.07) is 13.4. The summed E-state index contributed by atoms with van der Waals surface area (Å²) in [5.74, 6) is 1.60. The van der Waals surface area contributed by atoms with Gasteiger partial charge in [0.05, 0.1) is 22.3 Å². The molecule has 4 aromatic rings. The van der Waals surface area contributed by atoms with Gasteiger partial charge in [-0.05, 0) is 46.3 Å². The van der Waals surface area contributed by atoms with Gasteiger partial charge in [0, 0.05) is 16.5 Å². The number of benzene rings is 2. The first-order valence-corrected chi connectivity index (χ1v) is 9.59. The van der Waals surface area contributed by atoms with Crippen LogP contribution in [0.5, 0.6) is 0 Å². The summed E-state index contributed by atoms with van der Waals surface area (Å²) in [4.78, 5) is 4.61. The van der Waals surface area contributed by atoms with Crippen molar-refractivity contribution in [1.29, 1.82) is 0 Å². The van der Waals surface area contributed by atoms with Crippen LogP contribution in [0, 0.1) is 0 Å². The van der Waals surface area contributed by atoms with E-state index in [0.717, 1.165) is 26.2 Å². The molecule has 0 aliphatic rings. The minimum atomic E-state index is 0.500. The van der Waals surface area contributed by atoms with E-state index in [0.29, 0.717) is 22.6 Å². The number of hydrogen-bond acceptors (Lipinski definition) is 5. The molecule has 5 nitrogen and oxygen atoms in total. The topological polar surface area (TPSA) is 56.7 Å². The molecule has 8 heteroatoms. The number of aromatic nitrogens is 4. The number of halogens is 2. The molecule has 0 spiro atoms. The lowest BCUT2D eigenvalue weighted by Gasteiger charge is -2.00. The Bertz CT molecular complexity index is 1060. The fourth-order valence-electron chi connectivity index (χ4n) is 2.46. The molecule has 0 radical (unpaired) electrons. The third kappa shape index (κ3) is 3.31. The first-order valence-electron chi connectivity index (χ1n) is 7.44. The van der Waals surface area contributed by atoms with E-state index in [1.807, 2.05) is 54.1 Å². The lowest BCUT2D eigenvalue weighted by Crippen LogP contribution is -1.91. The van der Waals surface area contributed by atoms with Crippen LogP contribution in [-0.4, -0.2) is 19.7 Å². The van der Waals surface area contributed by atoms with Gasteiger partial charge in [-0.1, -0.05) is 35.5 Å². The van der Waals surface area contributed by atoms with E-state index >= 15 is 0 Å². The van der Waals surface area contributed by atoms with Gasteiger partial charge in [-0.15, -0.1) is 10.2 Å². The third-order valence-corrected chi connectivity index (χ3v) is 5.64. The smallest absolute Gasteiger partial charge is 0.248 e. The maximum atomic E-state index is 6.03. The van der Waals surface area contributed by atoms with Gasteiger partial charge in [0.25, 0.3) is 0 Å². The number of hydrogen-bond donors (Lipinski definition) is 0. The Morgan fingerprint density at radius 2 is 2.04 bits per heavy atom. The molecule has 2 aromatic carbocycles. The number of imidazole rings is 1. The summed E-state index contributed by atoms with van der Waals surface area (Å²) in [5.41, 5.74) is 2.78. The molecule has 2 heterocycles. The Balaban J connectivity index is 1.54. The summed E-state index contributed by atoms with van der Waals surface area (Å²) >= 11 is 11.1. The number of fused-ring (bicyclic) bond motifs is 1. The molecule has 0 saturated carbocycles. The van der Waals surface area contributed by atoms with E-state index in [2.05, 4.69) is 31.1 Å². The largest absolute Gasteiger partial charge is 0.420 e. The van der Waals surface area contributed by atoms with Crippen molar-refractivity contribution in [1.82, 2.24) is 19.7 Å². The van der Waals surface area contributed by atoms with Crippen LogP contribution in [0.4, 0.5) is 0 Å². The van der Waals surface area contributed by atoms with Crippen LogP contribution in [0.25, 0.3) is 22.5 Å². The Morgan fingerprint density at radius 3 is 2.88 bits per heavy atom. The van der Waals surface area contributed by atoms with Crippen molar-refractivity contribution in [3.8, 4) is 11.5 Å². The zero-order chi connectivity index (χ0) is 17.4. The quantitative estimate of drug-likeness (QED) is 0.405. The highest BCUT2D eigenvalue weighted by atomic mass is 79.9. The van der Waals surface area contributed by atoms with E-state index in [-0.39, 0.29) is 0 Å². The van der Waals surface area contributed by atoms with Gasteiger partial charge in [-0.2, -0.15) is 0 Å². The predicted molar refractivity (Wildman–Crippen MR) is 103 cm³/mol. The zero-order valence-corrected chi connectivity index (χ0v) is 16.3. The van der Waals surface area contributed by atoms with E-state index < -0.39 is 0 Å². The highest BCUT2D eigenvalue weighted by Gasteiger charge is 2.14. The van der Waals surface area contributed by atoms with Crippen LogP contribution in [-0.2, 0) is 12.8 Å². The van der Waals surface area contributed by atoms with Crippen molar-refractivity contribution in [3.63, 3.8) is 0 Å². The molecule has 4 rings (SSSR count). The Labute approximate surface area is 161 Å². The van der Waals surface area contributed by atoms with Crippen molar-refractivity contribution in [3.05, 3.63) is 57.9 Å². The molecule has 2 aromatic heterocycles. The fourth-order valence-corrected chi connectivity index (χ4v) is 3.91. The van der Waals surface area contributed by atoms with Gasteiger partial charge in [-0.25, -0.2) is 4.98 Å². The summed E-state index contributed by atoms with van der Waals surface area (Å²) in [5, 5.41) is 9.81. The van der Waals surface area contributed by atoms with Gasteiger partial charge in [0.15, 0.2) is 5.16 Å². The van der Waals surface area contributed by atoms with Crippen LogP contribution >= 0.6 is 39.3 Å². The van der Waals surface area contributed by atoms with E-state index in [1.165, 1.54) is 0 Å². The van der Waals surface area contributed by atoms with Crippen molar-refractivity contribution in [2.45, 2.75) is 10.9 Å². The highest BCUT2D eigenvalue weighted by Crippen LogP contribution is 2.30.